The molecule has 0 saturated carbocycles. The molecule has 0 aliphatic carbocycles. The van der Waals surface area contributed by atoms with Crippen LogP contribution in [0.25, 0.3) is 0 Å². The van der Waals surface area contributed by atoms with Crippen molar-refractivity contribution in [2.75, 3.05) is 26.5 Å². The van der Waals surface area contributed by atoms with Gasteiger partial charge in [0, 0.05) is 18.8 Å². The molecular weight excluding hydrogens is 857 g/mol. The Hall–Kier alpha value is -2.69. The van der Waals surface area contributed by atoms with Gasteiger partial charge in [0.1, 0.15) is 18.8 Å². The Labute approximate surface area is 418 Å². The second-order valence-electron chi connectivity index (χ2n) is 27.0. The molecule has 0 spiro atoms. The van der Waals surface area contributed by atoms with Gasteiger partial charge in [-0.05, 0) is 119 Å². The summed E-state index contributed by atoms with van der Waals surface area (Å²) in [6.07, 6.45) is 6.15. The quantitative estimate of drug-likeness (QED) is 0.0324. The molecule has 0 aromatic heterocycles. The monoisotopic (exact) mass is 965 g/mol. The normalized spacial score (nSPS) is 16.4. The molecule has 400 valence electrons. The number of hydrogen-bond acceptors (Lipinski definition) is 9. The van der Waals surface area contributed by atoms with E-state index in [0.717, 1.165) is 25.7 Å². The fraction of sp³-hybridized carbons (Fsp3) is 0.912. The molecular formula is C57H108N2O9. The van der Waals surface area contributed by atoms with Crippen molar-refractivity contribution in [3.8, 4) is 0 Å². The molecule has 4 unspecified atom stereocenters. The van der Waals surface area contributed by atoms with Gasteiger partial charge < -0.3 is 29.6 Å². The van der Waals surface area contributed by atoms with Crippen LogP contribution >= 0.6 is 0 Å². The lowest BCUT2D eigenvalue weighted by atomic mass is 9.43. The number of rotatable bonds is 29. The van der Waals surface area contributed by atoms with Crippen molar-refractivity contribution >= 4 is 29.7 Å². The molecule has 2 N–H and O–H groups in total. The molecule has 0 heterocycles. The van der Waals surface area contributed by atoms with Crippen LogP contribution in [0.1, 0.15) is 231 Å². The Morgan fingerprint density at radius 1 is 0.618 bits per heavy atom. The first-order chi connectivity index (χ1) is 30.4. The number of ether oxygens (including phenoxy) is 4. The molecule has 0 bridgehead atoms. The minimum Gasteiger partial charge on any atom is -0.462 e. The summed E-state index contributed by atoms with van der Waals surface area (Å²) in [5.41, 5.74) is -7.65. The fourth-order valence-corrected chi connectivity index (χ4v) is 9.91. The molecule has 0 fully saturated rings. The van der Waals surface area contributed by atoms with E-state index in [4.69, 9.17) is 18.9 Å². The summed E-state index contributed by atoms with van der Waals surface area (Å²) < 4.78 is 24.0. The molecule has 4 atom stereocenters. The smallest absolute Gasteiger partial charge is 0.313 e. The first kappa shape index (κ1) is 65.3. The van der Waals surface area contributed by atoms with E-state index in [-0.39, 0.29) is 55.1 Å². The summed E-state index contributed by atoms with van der Waals surface area (Å²) in [6, 6.07) is 0. The summed E-state index contributed by atoms with van der Waals surface area (Å²) in [7, 11) is 0. The molecule has 11 heteroatoms. The molecule has 0 radical (unpaired) electrons. The SMILES string of the molecule is CCCCC(CC)C(C)(C)CC(C(=O)NCNC(=O)CC(C)C)C(C)(C)C(C)(C)C(C)(C(=O)OCCOC(=O)C(C)(C)C(C)(C)CC(C)(C(=O)OC(C)(C)CCOC(C)C)C(C)(C)C)C(C)(C)C. The average molecular weight is 965 g/mol. The number of amides is 2. The molecule has 0 rings (SSSR count). The lowest BCUT2D eigenvalue weighted by Crippen LogP contribution is -2.61. The highest BCUT2D eigenvalue weighted by molar-refractivity contribution is 5.83. The highest BCUT2D eigenvalue weighted by Gasteiger charge is 2.64. The predicted octanol–water partition coefficient (Wildman–Crippen LogP) is 13.3. The standard InChI is InChI=1S/C57H108N2O9/c1-27-29-30-41(28-2)50(13,14)36-42(44(61)59-38-58-43(60)35-39(3)4)53(19,20)55(23,24)57(26,49(10,11)12)47(64)67-34-33-66-45(62)54(21,22)51(15,16)37-56(25,48(7,8)9)46(63)68-52(17,18)31-32-65-40(5)6/h39-42H,27-38H2,1-26H3,(H,58,60)(H,59,61). The molecule has 0 saturated heterocycles. The van der Waals surface area contributed by atoms with Gasteiger partial charge in [-0.25, -0.2) is 0 Å². The Morgan fingerprint density at radius 2 is 1.13 bits per heavy atom. The minimum atomic E-state index is -1.14. The van der Waals surface area contributed by atoms with Crippen molar-refractivity contribution in [2.45, 2.75) is 243 Å². The number of hydrogen-bond donors (Lipinski definition) is 2. The number of unbranched alkanes of at least 4 members (excludes halogenated alkanes) is 1. The zero-order valence-electron chi connectivity index (χ0n) is 49.0. The van der Waals surface area contributed by atoms with Crippen LogP contribution in [0.5, 0.6) is 0 Å². The summed E-state index contributed by atoms with van der Waals surface area (Å²) in [5.74, 6) is -1.47. The van der Waals surface area contributed by atoms with Crippen LogP contribution in [0.2, 0.25) is 0 Å². The third-order valence-corrected chi connectivity index (χ3v) is 17.5. The van der Waals surface area contributed by atoms with E-state index in [9.17, 15) is 24.0 Å². The molecule has 0 aliphatic heterocycles. The van der Waals surface area contributed by atoms with E-state index < -0.39 is 66.8 Å². The van der Waals surface area contributed by atoms with Gasteiger partial charge in [-0.3, -0.25) is 24.0 Å². The van der Waals surface area contributed by atoms with E-state index in [1.54, 1.807) is 0 Å². The lowest BCUT2D eigenvalue weighted by molar-refractivity contribution is -0.194. The lowest BCUT2D eigenvalue weighted by Gasteiger charge is -2.59. The Morgan fingerprint density at radius 3 is 1.57 bits per heavy atom. The van der Waals surface area contributed by atoms with Gasteiger partial charge in [0.05, 0.1) is 35.6 Å². The molecule has 2 amide bonds. The van der Waals surface area contributed by atoms with Crippen molar-refractivity contribution in [3.63, 3.8) is 0 Å². The van der Waals surface area contributed by atoms with Gasteiger partial charge in [0.2, 0.25) is 11.8 Å². The molecule has 0 aromatic rings. The van der Waals surface area contributed by atoms with E-state index in [0.29, 0.717) is 38.2 Å². The topological polar surface area (TPSA) is 146 Å². The van der Waals surface area contributed by atoms with Gasteiger partial charge in [-0.2, -0.15) is 0 Å². The third-order valence-electron chi connectivity index (χ3n) is 17.5. The number of carbonyl (C=O) groups excluding carboxylic acids is 5. The van der Waals surface area contributed by atoms with Gasteiger partial charge in [-0.15, -0.1) is 0 Å². The second-order valence-corrected chi connectivity index (χ2v) is 27.0. The van der Waals surface area contributed by atoms with Crippen molar-refractivity contribution in [1.82, 2.24) is 10.6 Å². The van der Waals surface area contributed by atoms with Crippen molar-refractivity contribution in [3.05, 3.63) is 0 Å². The summed E-state index contributed by atoms with van der Waals surface area (Å²) >= 11 is 0. The van der Waals surface area contributed by atoms with Gasteiger partial charge in [0.25, 0.3) is 0 Å². The fourth-order valence-electron chi connectivity index (χ4n) is 9.91. The Balaban J connectivity index is 6.68. The van der Waals surface area contributed by atoms with Crippen LogP contribution in [0, 0.1) is 66.5 Å². The Bertz CT molecular complexity index is 1640. The molecule has 0 aromatic carbocycles. The maximum atomic E-state index is 14.8. The van der Waals surface area contributed by atoms with E-state index in [1.807, 2.05) is 125 Å². The Kier molecular flexibility index (Phi) is 23.7. The van der Waals surface area contributed by atoms with Gasteiger partial charge in [-0.1, -0.05) is 144 Å². The number of carbonyl (C=O) groups is 5. The van der Waals surface area contributed by atoms with Crippen LogP contribution in [0.15, 0.2) is 0 Å². The molecule has 0 aliphatic rings. The van der Waals surface area contributed by atoms with E-state index in [2.05, 4.69) is 66.0 Å². The summed E-state index contributed by atoms with van der Waals surface area (Å²) in [6.45, 7) is 52.8. The maximum Gasteiger partial charge on any atom is 0.313 e. The second kappa shape index (κ2) is 24.6. The minimum absolute atomic E-state index is 0.0197. The van der Waals surface area contributed by atoms with Crippen molar-refractivity contribution < 1.29 is 42.9 Å². The maximum absolute atomic E-state index is 14.8. The highest BCUT2D eigenvalue weighted by atomic mass is 16.6. The highest BCUT2D eigenvalue weighted by Crippen LogP contribution is 2.63. The first-order valence-corrected chi connectivity index (χ1v) is 26.1. The van der Waals surface area contributed by atoms with Gasteiger partial charge in [0.15, 0.2) is 0 Å². The number of nitrogens with one attached hydrogen (secondary N) is 2. The van der Waals surface area contributed by atoms with Crippen molar-refractivity contribution in [1.29, 1.82) is 0 Å². The third kappa shape index (κ3) is 16.4. The van der Waals surface area contributed by atoms with Crippen molar-refractivity contribution in [2.24, 2.45) is 66.5 Å². The average Bonchev–Trinajstić information content (AvgIpc) is 3.15. The number of esters is 3. The molecule has 68 heavy (non-hydrogen) atoms. The van der Waals surface area contributed by atoms with Gasteiger partial charge >= 0.3 is 17.9 Å². The van der Waals surface area contributed by atoms with E-state index >= 15 is 0 Å². The first-order valence-electron chi connectivity index (χ1n) is 26.1. The van der Waals surface area contributed by atoms with E-state index in [1.165, 1.54) is 0 Å². The predicted molar refractivity (Wildman–Crippen MR) is 278 cm³/mol. The molecule has 11 nitrogen and oxygen atoms in total. The zero-order valence-corrected chi connectivity index (χ0v) is 49.0. The zero-order chi connectivity index (χ0) is 53.9. The van der Waals surface area contributed by atoms with Crippen LogP contribution in [0.3, 0.4) is 0 Å². The van der Waals surface area contributed by atoms with Crippen LogP contribution in [-0.4, -0.2) is 67.9 Å². The van der Waals surface area contributed by atoms with Crippen LogP contribution < -0.4 is 10.6 Å². The van der Waals surface area contributed by atoms with Crippen LogP contribution in [-0.2, 0) is 42.9 Å². The largest absolute Gasteiger partial charge is 0.462 e. The van der Waals surface area contributed by atoms with Crippen LogP contribution in [0.4, 0.5) is 0 Å². The summed E-state index contributed by atoms with van der Waals surface area (Å²) in [4.78, 5) is 70.3. The summed E-state index contributed by atoms with van der Waals surface area (Å²) in [5, 5.41) is 5.94.